The smallest absolute Gasteiger partial charge is 0.261 e. The molecule has 0 fully saturated rings. The Morgan fingerprint density at radius 2 is 1.64 bits per heavy atom. The van der Waals surface area contributed by atoms with Crippen LogP contribution in [0.4, 0.5) is 0 Å². The number of amides is 2. The van der Waals surface area contributed by atoms with Gasteiger partial charge in [-0.2, -0.15) is 0 Å². The maximum atomic E-state index is 12.9. The number of carbonyl (C=O) groups is 2. The molecule has 5 nitrogen and oxygen atoms in total. The van der Waals surface area contributed by atoms with E-state index in [1.54, 1.807) is 19.1 Å². The van der Waals surface area contributed by atoms with Gasteiger partial charge in [-0.1, -0.05) is 41.4 Å². The monoisotopic (exact) mass is 402 g/mol. The van der Waals surface area contributed by atoms with Gasteiger partial charge in [-0.15, -0.1) is 0 Å². The minimum Gasteiger partial charge on any atom is -0.484 e. The van der Waals surface area contributed by atoms with Crippen LogP contribution in [-0.4, -0.2) is 35.4 Å². The number of nitrogens with one attached hydrogen (secondary N) is 1. The Hall–Kier alpha value is -2.53. The zero-order chi connectivity index (χ0) is 20.7. The van der Waals surface area contributed by atoms with Crippen molar-refractivity contribution in [3.8, 4) is 5.75 Å². The average Bonchev–Trinajstić information content (AvgIpc) is 2.65. The van der Waals surface area contributed by atoms with E-state index >= 15 is 0 Å². The minimum absolute atomic E-state index is 0.00811. The maximum Gasteiger partial charge on any atom is 0.261 e. The molecule has 0 aliphatic carbocycles. The van der Waals surface area contributed by atoms with Crippen molar-refractivity contribution in [2.24, 2.45) is 0 Å². The molecule has 150 valence electrons. The SMILES string of the molecule is Cc1ccc(OCC(=O)N(Cc2ccc(Cl)cc2)[C@H](C)C(=O)NC(C)C)cc1. The summed E-state index contributed by atoms with van der Waals surface area (Å²) in [6, 6.07) is 14.1. The topological polar surface area (TPSA) is 58.6 Å². The number of nitrogens with zero attached hydrogens (tertiary/aromatic N) is 1. The van der Waals surface area contributed by atoms with Gasteiger partial charge in [-0.25, -0.2) is 0 Å². The lowest BCUT2D eigenvalue weighted by molar-refractivity contribution is -0.142. The van der Waals surface area contributed by atoms with Crippen molar-refractivity contribution in [2.75, 3.05) is 6.61 Å². The van der Waals surface area contributed by atoms with E-state index in [0.29, 0.717) is 17.3 Å². The van der Waals surface area contributed by atoms with Crippen molar-refractivity contribution in [3.63, 3.8) is 0 Å². The Morgan fingerprint density at radius 3 is 2.21 bits per heavy atom. The van der Waals surface area contributed by atoms with Gasteiger partial charge in [0.05, 0.1) is 0 Å². The third kappa shape index (κ3) is 6.57. The zero-order valence-electron chi connectivity index (χ0n) is 16.7. The highest BCUT2D eigenvalue weighted by Crippen LogP contribution is 2.15. The molecule has 0 spiro atoms. The van der Waals surface area contributed by atoms with Crippen LogP contribution in [0.1, 0.15) is 31.9 Å². The Morgan fingerprint density at radius 1 is 1.04 bits per heavy atom. The molecule has 0 bridgehead atoms. The fourth-order valence-electron chi connectivity index (χ4n) is 2.64. The van der Waals surface area contributed by atoms with Crippen molar-refractivity contribution < 1.29 is 14.3 Å². The van der Waals surface area contributed by atoms with Gasteiger partial charge in [0.15, 0.2) is 6.61 Å². The number of benzene rings is 2. The van der Waals surface area contributed by atoms with Gasteiger partial charge in [-0.3, -0.25) is 9.59 Å². The lowest BCUT2D eigenvalue weighted by atomic mass is 10.1. The summed E-state index contributed by atoms with van der Waals surface area (Å²) in [7, 11) is 0. The first-order chi connectivity index (χ1) is 13.3. The van der Waals surface area contributed by atoms with E-state index in [-0.39, 0.29) is 24.5 Å². The van der Waals surface area contributed by atoms with Gasteiger partial charge < -0.3 is 15.0 Å². The molecule has 6 heteroatoms. The quantitative estimate of drug-likeness (QED) is 0.726. The van der Waals surface area contributed by atoms with Gasteiger partial charge in [0.1, 0.15) is 11.8 Å². The summed E-state index contributed by atoms with van der Waals surface area (Å²) in [4.78, 5) is 26.9. The van der Waals surface area contributed by atoms with E-state index in [9.17, 15) is 9.59 Å². The number of hydrogen-bond acceptors (Lipinski definition) is 3. The molecule has 2 aromatic rings. The number of halogens is 1. The molecule has 2 aromatic carbocycles. The third-order valence-electron chi connectivity index (χ3n) is 4.25. The fourth-order valence-corrected chi connectivity index (χ4v) is 2.76. The van der Waals surface area contributed by atoms with E-state index in [1.165, 1.54) is 4.90 Å². The number of aryl methyl sites for hydroxylation is 1. The van der Waals surface area contributed by atoms with Crippen molar-refractivity contribution in [2.45, 2.75) is 46.3 Å². The van der Waals surface area contributed by atoms with Crippen LogP contribution >= 0.6 is 11.6 Å². The molecule has 1 N–H and O–H groups in total. The molecule has 0 saturated carbocycles. The van der Waals surface area contributed by atoms with Crippen LogP contribution in [0.3, 0.4) is 0 Å². The first kappa shape index (κ1) is 21.8. The Labute approximate surface area is 171 Å². The van der Waals surface area contributed by atoms with Crippen LogP contribution in [0.5, 0.6) is 5.75 Å². The van der Waals surface area contributed by atoms with E-state index in [4.69, 9.17) is 16.3 Å². The van der Waals surface area contributed by atoms with E-state index in [2.05, 4.69) is 5.32 Å². The first-order valence-corrected chi connectivity index (χ1v) is 9.68. The fraction of sp³-hybridized carbons (Fsp3) is 0.364. The summed E-state index contributed by atoms with van der Waals surface area (Å²) in [6.45, 7) is 7.62. The molecule has 28 heavy (non-hydrogen) atoms. The number of rotatable bonds is 8. The number of hydrogen-bond donors (Lipinski definition) is 1. The Balaban J connectivity index is 2.12. The highest BCUT2D eigenvalue weighted by Gasteiger charge is 2.26. The summed E-state index contributed by atoms with van der Waals surface area (Å²) < 4.78 is 5.63. The third-order valence-corrected chi connectivity index (χ3v) is 4.50. The molecule has 1 atom stereocenters. The van der Waals surface area contributed by atoms with Crippen LogP contribution in [0, 0.1) is 6.92 Å². The second kappa shape index (κ2) is 10.1. The second-order valence-electron chi connectivity index (χ2n) is 7.09. The summed E-state index contributed by atoms with van der Waals surface area (Å²) in [5.41, 5.74) is 2.00. The summed E-state index contributed by atoms with van der Waals surface area (Å²) in [5.74, 6) is 0.152. The highest BCUT2D eigenvalue weighted by atomic mass is 35.5. The van der Waals surface area contributed by atoms with Crippen LogP contribution in [0.2, 0.25) is 5.02 Å². The highest BCUT2D eigenvalue weighted by molar-refractivity contribution is 6.30. The Kier molecular flexibility index (Phi) is 7.88. The molecule has 2 amide bonds. The summed E-state index contributed by atoms with van der Waals surface area (Å²) in [6.07, 6.45) is 0. The largest absolute Gasteiger partial charge is 0.484 e. The molecule has 0 aliphatic heterocycles. The van der Waals surface area contributed by atoms with Gasteiger partial charge in [-0.05, 0) is 57.5 Å². The molecule has 0 heterocycles. The molecule has 0 aliphatic rings. The zero-order valence-corrected chi connectivity index (χ0v) is 17.5. The number of carbonyl (C=O) groups excluding carboxylic acids is 2. The maximum absolute atomic E-state index is 12.9. The van der Waals surface area contributed by atoms with Gasteiger partial charge >= 0.3 is 0 Å². The van der Waals surface area contributed by atoms with Crippen LogP contribution in [0.25, 0.3) is 0 Å². The van der Waals surface area contributed by atoms with Crippen molar-refractivity contribution >= 4 is 23.4 Å². The average molecular weight is 403 g/mol. The van der Waals surface area contributed by atoms with Crippen LogP contribution in [-0.2, 0) is 16.1 Å². The molecular weight excluding hydrogens is 376 g/mol. The van der Waals surface area contributed by atoms with Crippen molar-refractivity contribution in [3.05, 3.63) is 64.7 Å². The van der Waals surface area contributed by atoms with E-state index in [0.717, 1.165) is 11.1 Å². The molecule has 0 aromatic heterocycles. The first-order valence-electron chi connectivity index (χ1n) is 9.30. The molecule has 0 radical (unpaired) electrons. The number of ether oxygens (including phenoxy) is 1. The van der Waals surface area contributed by atoms with Gasteiger partial charge in [0.25, 0.3) is 5.91 Å². The second-order valence-corrected chi connectivity index (χ2v) is 7.53. The van der Waals surface area contributed by atoms with Crippen LogP contribution < -0.4 is 10.1 Å². The van der Waals surface area contributed by atoms with Gasteiger partial charge in [0, 0.05) is 17.6 Å². The summed E-state index contributed by atoms with van der Waals surface area (Å²) in [5, 5.41) is 3.48. The summed E-state index contributed by atoms with van der Waals surface area (Å²) >= 11 is 5.95. The minimum atomic E-state index is -0.632. The molecular formula is C22H27ClN2O3. The predicted octanol–water partition coefficient (Wildman–Crippen LogP) is 3.97. The van der Waals surface area contributed by atoms with Crippen LogP contribution in [0.15, 0.2) is 48.5 Å². The Bertz CT molecular complexity index is 788. The lowest BCUT2D eigenvalue weighted by Gasteiger charge is -2.29. The molecule has 0 unspecified atom stereocenters. The molecule has 0 saturated heterocycles. The lowest BCUT2D eigenvalue weighted by Crippen LogP contribution is -2.50. The van der Waals surface area contributed by atoms with E-state index in [1.807, 2.05) is 57.2 Å². The van der Waals surface area contributed by atoms with Gasteiger partial charge in [0.2, 0.25) is 5.91 Å². The van der Waals surface area contributed by atoms with Crippen molar-refractivity contribution in [1.29, 1.82) is 0 Å². The standard InChI is InChI=1S/C22H27ClN2O3/c1-15(2)24-22(27)17(4)25(13-18-7-9-19(23)10-8-18)21(26)14-28-20-11-5-16(3)6-12-20/h5-12,15,17H,13-14H2,1-4H3,(H,24,27)/t17-/m1/s1. The van der Waals surface area contributed by atoms with Crippen molar-refractivity contribution in [1.82, 2.24) is 10.2 Å². The van der Waals surface area contributed by atoms with E-state index < -0.39 is 6.04 Å². The molecule has 2 rings (SSSR count). The predicted molar refractivity (Wildman–Crippen MR) is 111 cm³/mol. The normalized spacial score (nSPS) is 11.8.